The van der Waals surface area contributed by atoms with Crippen molar-refractivity contribution in [2.75, 3.05) is 20.2 Å². The molecule has 0 unspecified atom stereocenters. The van der Waals surface area contributed by atoms with Crippen molar-refractivity contribution in [3.8, 4) is 0 Å². The van der Waals surface area contributed by atoms with Crippen LogP contribution in [0.1, 0.15) is 52.4 Å². The molecule has 0 bridgehead atoms. The van der Waals surface area contributed by atoms with Crippen LogP contribution in [-0.2, 0) is 9.53 Å². The molecule has 1 heterocycles. The van der Waals surface area contributed by atoms with Gasteiger partial charge in [-0.25, -0.2) is 0 Å². The Morgan fingerprint density at radius 2 is 1.80 bits per heavy atom. The Labute approximate surface area is 128 Å². The minimum absolute atomic E-state index is 0.128. The molecule has 0 atom stereocenters. The average Bonchev–Trinajstić information content (AvgIpc) is 2.46. The normalized spacial score (nSPS) is 17.2. The molecule has 0 radical (unpaired) electrons. The first kappa shape index (κ1) is 17.4. The van der Waals surface area contributed by atoms with Gasteiger partial charge < -0.3 is 15.4 Å². The van der Waals surface area contributed by atoms with Crippen LogP contribution in [0.5, 0.6) is 0 Å². The van der Waals surface area contributed by atoms with Gasteiger partial charge in [-0.05, 0) is 25.7 Å². The number of carbonyl (C=O) groups is 1. The fourth-order valence-electron chi connectivity index (χ4n) is 3.14. The molecule has 2 N–H and O–H groups in total. The van der Waals surface area contributed by atoms with Crippen LogP contribution in [0.25, 0.3) is 0 Å². The van der Waals surface area contributed by atoms with Crippen LogP contribution in [0.3, 0.4) is 0 Å². The van der Waals surface area contributed by atoms with E-state index in [0.717, 1.165) is 51.6 Å². The molecule has 20 heavy (non-hydrogen) atoms. The van der Waals surface area contributed by atoms with Gasteiger partial charge in [0.05, 0.1) is 16.5 Å². The summed E-state index contributed by atoms with van der Waals surface area (Å²) in [7, 11) is 1.73. The summed E-state index contributed by atoms with van der Waals surface area (Å²) in [6.07, 6.45) is 5.39. The predicted molar refractivity (Wildman–Crippen MR) is 85.6 cm³/mol. The maximum absolute atomic E-state index is 13.0. The molecule has 1 amide bonds. The molecule has 1 fully saturated rings. The number of methoxy groups -OCH3 is 1. The molecule has 0 aliphatic carbocycles. The van der Waals surface area contributed by atoms with Crippen molar-refractivity contribution in [1.29, 1.82) is 0 Å². The lowest BCUT2D eigenvalue weighted by Gasteiger charge is -2.39. The maximum atomic E-state index is 13.0. The highest BCUT2D eigenvalue weighted by atomic mass is 32.1. The van der Waals surface area contributed by atoms with Crippen LogP contribution in [0.2, 0.25) is 0 Å². The first-order chi connectivity index (χ1) is 9.51. The molecule has 0 aromatic rings. The lowest BCUT2D eigenvalue weighted by molar-refractivity contribution is -0.141. The van der Waals surface area contributed by atoms with Crippen molar-refractivity contribution in [3.63, 3.8) is 0 Å². The third-order valence-electron chi connectivity index (χ3n) is 4.30. The van der Waals surface area contributed by atoms with Crippen LogP contribution >= 0.6 is 12.2 Å². The van der Waals surface area contributed by atoms with Gasteiger partial charge in [-0.15, -0.1) is 0 Å². The van der Waals surface area contributed by atoms with Crippen molar-refractivity contribution in [3.05, 3.63) is 0 Å². The number of amides is 1. The third-order valence-corrected chi connectivity index (χ3v) is 4.69. The number of hydrogen-bond donors (Lipinski definition) is 1. The Bertz CT molecular complexity index is 333. The van der Waals surface area contributed by atoms with Crippen LogP contribution in [0.4, 0.5) is 0 Å². The van der Waals surface area contributed by atoms with Gasteiger partial charge in [0.1, 0.15) is 0 Å². The largest absolute Gasteiger partial charge is 0.392 e. The highest BCUT2D eigenvalue weighted by Crippen LogP contribution is 2.34. The maximum Gasteiger partial charge on any atom is 0.235 e. The lowest BCUT2D eigenvalue weighted by atomic mass is 9.77. The lowest BCUT2D eigenvalue weighted by Crippen LogP contribution is -2.53. The zero-order chi connectivity index (χ0) is 15.2. The van der Waals surface area contributed by atoms with Crippen LogP contribution in [0.15, 0.2) is 0 Å². The molecule has 1 aliphatic heterocycles. The molecule has 0 saturated carbocycles. The molecular weight excluding hydrogens is 272 g/mol. The van der Waals surface area contributed by atoms with Gasteiger partial charge in [0.25, 0.3) is 0 Å². The Balaban J connectivity index is 2.85. The Kier molecular flexibility index (Phi) is 6.89. The third kappa shape index (κ3) is 3.70. The van der Waals surface area contributed by atoms with E-state index >= 15 is 0 Å². The van der Waals surface area contributed by atoms with Gasteiger partial charge >= 0.3 is 0 Å². The summed E-state index contributed by atoms with van der Waals surface area (Å²) < 4.78 is 5.36. The summed E-state index contributed by atoms with van der Waals surface area (Å²) in [5.74, 6) is 0.128. The minimum atomic E-state index is -0.640. The summed E-state index contributed by atoms with van der Waals surface area (Å²) in [4.78, 5) is 15.2. The average molecular weight is 300 g/mol. The molecule has 116 valence electrons. The molecule has 0 aromatic carbocycles. The molecule has 1 aliphatic rings. The van der Waals surface area contributed by atoms with E-state index in [1.807, 2.05) is 4.90 Å². The van der Waals surface area contributed by atoms with Crippen molar-refractivity contribution < 1.29 is 9.53 Å². The summed E-state index contributed by atoms with van der Waals surface area (Å²) in [5.41, 5.74) is 5.32. The van der Waals surface area contributed by atoms with Gasteiger partial charge in [0.2, 0.25) is 5.91 Å². The van der Waals surface area contributed by atoms with Gasteiger partial charge in [-0.1, -0.05) is 38.9 Å². The van der Waals surface area contributed by atoms with E-state index in [1.165, 1.54) is 0 Å². The van der Waals surface area contributed by atoms with Crippen LogP contribution in [-0.4, -0.2) is 42.1 Å². The molecule has 1 saturated heterocycles. The second-order valence-electron chi connectivity index (χ2n) is 5.67. The molecular formula is C15H28N2O2S. The van der Waals surface area contributed by atoms with E-state index in [2.05, 4.69) is 13.8 Å². The molecule has 0 spiro atoms. The van der Waals surface area contributed by atoms with E-state index in [9.17, 15) is 4.79 Å². The van der Waals surface area contributed by atoms with E-state index < -0.39 is 5.41 Å². The van der Waals surface area contributed by atoms with E-state index in [1.54, 1.807) is 7.11 Å². The van der Waals surface area contributed by atoms with E-state index in [0.29, 0.717) is 4.99 Å². The first-order valence-electron chi connectivity index (χ1n) is 7.63. The minimum Gasteiger partial charge on any atom is -0.392 e. The number of thiocarbonyl (C=S) groups is 1. The van der Waals surface area contributed by atoms with Crippen LogP contribution < -0.4 is 5.73 Å². The number of nitrogens with two attached hydrogens (primary N) is 1. The summed E-state index contributed by atoms with van der Waals surface area (Å²) in [6.45, 7) is 5.64. The smallest absolute Gasteiger partial charge is 0.235 e. The van der Waals surface area contributed by atoms with Crippen LogP contribution in [0, 0.1) is 5.41 Å². The highest BCUT2D eigenvalue weighted by Gasteiger charge is 2.43. The Morgan fingerprint density at radius 3 is 2.15 bits per heavy atom. The number of nitrogens with zero attached hydrogens (tertiary/aromatic N) is 1. The molecule has 4 nitrogen and oxygen atoms in total. The van der Waals surface area contributed by atoms with Crippen molar-refractivity contribution in [2.24, 2.45) is 11.1 Å². The zero-order valence-corrected chi connectivity index (χ0v) is 13.8. The standard InChI is InChI=1S/C15H28N2O2S/c1-4-8-15(9-5-2,13(16)20)14(18)17-10-6-12(19-3)7-11-17/h12H,4-11H2,1-3H3,(H2,16,20). The number of piperidine rings is 1. The van der Waals surface area contributed by atoms with Gasteiger partial charge in [0, 0.05) is 20.2 Å². The number of carbonyl (C=O) groups excluding carboxylic acids is 1. The topological polar surface area (TPSA) is 55.6 Å². The molecule has 5 heteroatoms. The van der Waals surface area contributed by atoms with Gasteiger partial charge in [-0.2, -0.15) is 0 Å². The summed E-state index contributed by atoms with van der Waals surface area (Å²) in [6, 6.07) is 0. The predicted octanol–water partition coefficient (Wildman–Crippen LogP) is 2.50. The summed E-state index contributed by atoms with van der Waals surface area (Å²) >= 11 is 5.26. The summed E-state index contributed by atoms with van der Waals surface area (Å²) in [5, 5.41) is 0. The fraction of sp³-hybridized carbons (Fsp3) is 0.867. The monoisotopic (exact) mass is 300 g/mol. The molecule has 1 rings (SSSR count). The number of ether oxygens (including phenoxy) is 1. The van der Waals surface area contributed by atoms with E-state index in [4.69, 9.17) is 22.7 Å². The second kappa shape index (κ2) is 7.93. The Morgan fingerprint density at radius 1 is 1.30 bits per heavy atom. The van der Waals surface area contributed by atoms with Crippen molar-refractivity contribution >= 4 is 23.1 Å². The fourth-order valence-corrected chi connectivity index (χ4v) is 3.43. The number of hydrogen-bond acceptors (Lipinski definition) is 3. The number of likely N-dealkylation sites (tertiary alicyclic amines) is 1. The van der Waals surface area contributed by atoms with Gasteiger partial charge in [0.15, 0.2) is 0 Å². The SMILES string of the molecule is CCCC(CCC)(C(=O)N1CCC(OC)CC1)C(N)=S. The molecule has 0 aromatic heterocycles. The van der Waals surface area contributed by atoms with Crippen molar-refractivity contribution in [2.45, 2.75) is 58.5 Å². The van der Waals surface area contributed by atoms with Crippen molar-refractivity contribution in [1.82, 2.24) is 4.90 Å². The quantitative estimate of drug-likeness (QED) is 0.734. The second-order valence-corrected chi connectivity index (χ2v) is 6.11. The van der Waals surface area contributed by atoms with Gasteiger partial charge in [-0.3, -0.25) is 4.79 Å². The van der Waals surface area contributed by atoms with E-state index in [-0.39, 0.29) is 12.0 Å². The number of rotatable bonds is 7. The Hall–Kier alpha value is -0.680. The first-order valence-corrected chi connectivity index (χ1v) is 8.04. The highest BCUT2D eigenvalue weighted by molar-refractivity contribution is 7.80. The zero-order valence-electron chi connectivity index (χ0n) is 13.0.